The molecule has 0 bridgehead atoms. The average Bonchev–Trinajstić information content (AvgIpc) is 2.96. The van der Waals surface area contributed by atoms with Gasteiger partial charge in [0.1, 0.15) is 24.3 Å². The summed E-state index contributed by atoms with van der Waals surface area (Å²) in [5.41, 5.74) is 5.64. The molecule has 3 nitrogen and oxygen atoms in total. The van der Waals surface area contributed by atoms with Crippen LogP contribution in [-0.2, 0) is 12.1 Å². The second kappa shape index (κ2) is 3.75. The number of ether oxygens (including phenoxy) is 2. The number of hydrogen-bond acceptors (Lipinski definition) is 3. The van der Waals surface area contributed by atoms with Crippen molar-refractivity contribution in [2.75, 3.05) is 6.54 Å². The van der Waals surface area contributed by atoms with Crippen LogP contribution in [0.3, 0.4) is 0 Å². The molecule has 2 atom stereocenters. The predicted octanol–water partition coefficient (Wildman–Crippen LogP) is 2.42. The highest BCUT2D eigenvalue weighted by atomic mass is 19.4. The number of alkyl halides is 4. The Morgan fingerprint density at radius 3 is 2.74 bits per heavy atom. The first-order valence-corrected chi connectivity index (χ1v) is 5.75. The molecule has 1 heterocycles. The molecule has 1 aliphatic heterocycles. The smallest absolute Gasteiger partial charge is 0.489 e. The fraction of sp³-hybridized carbons (Fsp3) is 0.500. The summed E-state index contributed by atoms with van der Waals surface area (Å²) in [4.78, 5) is 0. The molecule has 19 heavy (non-hydrogen) atoms. The minimum absolute atomic E-state index is 0.110. The molecule has 2 aliphatic rings. The van der Waals surface area contributed by atoms with Crippen LogP contribution in [0.2, 0.25) is 0 Å². The molecule has 104 valence electrons. The zero-order chi connectivity index (χ0) is 13.8. The molecule has 2 unspecified atom stereocenters. The predicted molar refractivity (Wildman–Crippen MR) is 57.7 cm³/mol. The molecule has 1 saturated carbocycles. The highest BCUT2D eigenvalue weighted by molar-refractivity contribution is 5.57. The zero-order valence-corrected chi connectivity index (χ0v) is 9.76. The standard InChI is InChI=1S/C12H11F4NO2/c13-4-6-1-9-7(2-8(6)19-12(14,15)16)11(5-17)3-10(11)18-9/h1-2,10H,3-5,17H2. The molecule has 0 aromatic heterocycles. The summed E-state index contributed by atoms with van der Waals surface area (Å²) in [6.45, 7) is -0.770. The summed E-state index contributed by atoms with van der Waals surface area (Å²) in [7, 11) is 0. The van der Waals surface area contributed by atoms with Crippen LogP contribution >= 0.6 is 0 Å². The molecule has 0 spiro atoms. The molecular formula is C12H11F4NO2. The number of halogens is 4. The Bertz CT molecular complexity index is 527. The second-order valence-electron chi connectivity index (χ2n) is 4.81. The van der Waals surface area contributed by atoms with E-state index < -0.39 is 24.2 Å². The topological polar surface area (TPSA) is 44.5 Å². The van der Waals surface area contributed by atoms with Crippen molar-refractivity contribution in [3.8, 4) is 11.5 Å². The molecule has 1 aromatic rings. The van der Waals surface area contributed by atoms with Crippen molar-refractivity contribution in [2.24, 2.45) is 5.73 Å². The number of nitrogens with two attached hydrogens (primary N) is 1. The maximum absolute atomic E-state index is 12.8. The van der Waals surface area contributed by atoms with Crippen molar-refractivity contribution in [1.82, 2.24) is 0 Å². The lowest BCUT2D eigenvalue weighted by Gasteiger charge is -2.16. The highest BCUT2D eigenvalue weighted by Gasteiger charge is 2.62. The molecule has 0 saturated heterocycles. The van der Waals surface area contributed by atoms with Crippen LogP contribution < -0.4 is 15.2 Å². The summed E-state index contributed by atoms with van der Waals surface area (Å²) < 4.78 is 59.1. The molecule has 1 aromatic carbocycles. The number of rotatable bonds is 3. The minimum Gasteiger partial charge on any atom is -0.489 e. The van der Waals surface area contributed by atoms with Gasteiger partial charge in [0.25, 0.3) is 0 Å². The lowest BCUT2D eigenvalue weighted by molar-refractivity contribution is -0.275. The fourth-order valence-electron chi connectivity index (χ4n) is 2.60. The van der Waals surface area contributed by atoms with E-state index in [4.69, 9.17) is 10.5 Å². The van der Waals surface area contributed by atoms with Crippen LogP contribution in [0.1, 0.15) is 17.5 Å². The Morgan fingerprint density at radius 2 is 2.16 bits per heavy atom. The van der Waals surface area contributed by atoms with E-state index in [0.717, 1.165) is 0 Å². The maximum Gasteiger partial charge on any atom is 0.573 e. The first-order chi connectivity index (χ1) is 8.89. The van der Waals surface area contributed by atoms with Crippen molar-refractivity contribution in [3.63, 3.8) is 0 Å². The van der Waals surface area contributed by atoms with Crippen molar-refractivity contribution >= 4 is 0 Å². The summed E-state index contributed by atoms with van der Waals surface area (Å²) in [5, 5.41) is 0. The summed E-state index contributed by atoms with van der Waals surface area (Å²) >= 11 is 0. The van der Waals surface area contributed by atoms with Gasteiger partial charge in [-0.25, -0.2) is 4.39 Å². The van der Waals surface area contributed by atoms with E-state index in [1.165, 1.54) is 12.1 Å². The molecule has 3 rings (SSSR count). The summed E-state index contributed by atoms with van der Waals surface area (Å²) in [6, 6.07) is 2.47. The fourth-order valence-corrected chi connectivity index (χ4v) is 2.60. The van der Waals surface area contributed by atoms with Crippen molar-refractivity contribution in [2.45, 2.75) is 31.0 Å². The minimum atomic E-state index is -4.85. The van der Waals surface area contributed by atoms with Crippen molar-refractivity contribution in [3.05, 3.63) is 23.3 Å². The molecule has 0 amide bonds. The van der Waals surface area contributed by atoms with Crippen LogP contribution in [0.5, 0.6) is 11.5 Å². The normalized spacial score (nSPS) is 27.5. The third-order valence-corrected chi connectivity index (χ3v) is 3.71. The lowest BCUT2D eigenvalue weighted by atomic mass is 9.94. The molecular weight excluding hydrogens is 266 g/mol. The van der Waals surface area contributed by atoms with E-state index in [9.17, 15) is 17.6 Å². The SMILES string of the molecule is NCC12CC1Oc1cc(CF)c(OC(F)(F)F)cc12. The van der Waals surface area contributed by atoms with Crippen molar-refractivity contribution in [1.29, 1.82) is 0 Å². The Labute approximate surface area is 106 Å². The lowest BCUT2D eigenvalue weighted by Crippen LogP contribution is -2.22. The molecule has 1 fully saturated rings. The quantitative estimate of drug-likeness (QED) is 0.863. The zero-order valence-electron chi connectivity index (χ0n) is 9.76. The molecule has 2 N–H and O–H groups in total. The van der Waals surface area contributed by atoms with Gasteiger partial charge in [0.15, 0.2) is 0 Å². The van der Waals surface area contributed by atoms with Gasteiger partial charge in [0.2, 0.25) is 0 Å². The van der Waals surface area contributed by atoms with Crippen LogP contribution in [-0.4, -0.2) is 19.0 Å². The third kappa shape index (κ3) is 1.83. The Morgan fingerprint density at radius 1 is 1.42 bits per heavy atom. The Kier molecular flexibility index (Phi) is 2.47. The Hall–Kier alpha value is -1.50. The van der Waals surface area contributed by atoms with E-state index >= 15 is 0 Å². The number of fused-ring (bicyclic) bond motifs is 3. The summed E-state index contributed by atoms with van der Waals surface area (Å²) in [5.74, 6) is -0.110. The van der Waals surface area contributed by atoms with Crippen molar-refractivity contribution < 1.29 is 27.0 Å². The van der Waals surface area contributed by atoms with Crippen LogP contribution in [0, 0.1) is 0 Å². The van der Waals surface area contributed by atoms with Gasteiger partial charge in [-0.3, -0.25) is 0 Å². The van der Waals surface area contributed by atoms with Crippen LogP contribution in [0.25, 0.3) is 0 Å². The van der Waals surface area contributed by atoms with Gasteiger partial charge in [-0.15, -0.1) is 13.2 Å². The van der Waals surface area contributed by atoms with Gasteiger partial charge in [-0.1, -0.05) is 0 Å². The van der Waals surface area contributed by atoms with Gasteiger partial charge in [0, 0.05) is 17.7 Å². The average molecular weight is 277 g/mol. The Balaban J connectivity index is 2.03. The third-order valence-electron chi connectivity index (χ3n) is 3.71. The van der Waals surface area contributed by atoms with E-state index in [0.29, 0.717) is 17.7 Å². The largest absolute Gasteiger partial charge is 0.573 e. The van der Waals surface area contributed by atoms with Gasteiger partial charge < -0.3 is 15.2 Å². The van der Waals surface area contributed by atoms with Crippen LogP contribution in [0.4, 0.5) is 17.6 Å². The molecule has 7 heteroatoms. The van der Waals surface area contributed by atoms with E-state index in [1.54, 1.807) is 0 Å². The van der Waals surface area contributed by atoms with Crippen LogP contribution in [0.15, 0.2) is 12.1 Å². The van der Waals surface area contributed by atoms with Gasteiger partial charge in [-0.2, -0.15) is 0 Å². The van der Waals surface area contributed by atoms with E-state index in [1.807, 2.05) is 0 Å². The maximum atomic E-state index is 12.8. The molecule has 1 aliphatic carbocycles. The van der Waals surface area contributed by atoms with Gasteiger partial charge >= 0.3 is 6.36 Å². The number of hydrogen-bond donors (Lipinski definition) is 1. The highest BCUT2D eigenvalue weighted by Crippen LogP contribution is 2.59. The first kappa shape index (κ1) is 12.5. The van der Waals surface area contributed by atoms with E-state index in [-0.39, 0.29) is 18.2 Å². The molecule has 0 radical (unpaired) electrons. The second-order valence-corrected chi connectivity index (χ2v) is 4.81. The van der Waals surface area contributed by atoms with Gasteiger partial charge in [-0.05, 0) is 18.6 Å². The summed E-state index contributed by atoms with van der Waals surface area (Å²) in [6.07, 6.45) is -4.28. The number of benzene rings is 1. The monoisotopic (exact) mass is 277 g/mol. The van der Waals surface area contributed by atoms with E-state index in [2.05, 4.69) is 4.74 Å². The van der Waals surface area contributed by atoms with Gasteiger partial charge in [0.05, 0.1) is 5.41 Å². The first-order valence-electron chi connectivity index (χ1n) is 5.75.